The van der Waals surface area contributed by atoms with E-state index in [4.69, 9.17) is 0 Å². The van der Waals surface area contributed by atoms with Gasteiger partial charge in [-0.3, -0.25) is 10.1 Å². The maximum absolute atomic E-state index is 12.6. The largest absolute Gasteiger partial charge is 0.416 e. The van der Waals surface area contributed by atoms with Crippen LogP contribution >= 0.6 is 11.8 Å². The van der Waals surface area contributed by atoms with E-state index < -0.39 is 22.4 Å². The highest BCUT2D eigenvalue weighted by molar-refractivity contribution is 7.99. The first kappa shape index (κ1) is 15.4. The number of alkyl halides is 3. The summed E-state index contributed by atoms with van der Waals surface area (Å²) in [6.45, 7) is 1.90. The second kappa shape index (κ2) is 5.77. The fraction of sp³-hybridized carbons (Fsp3) is 0.143. The molecule has 0 heterocycles. The molecule has 0 radical (unpaired) electrons. The van der Waals surface area contributed by atoms with Gasteiger partial charge in [-0.05, 0) is 31.2 Å². The number of hydrogen-bond acceptors (Lipinski definition) is 3. The summed E-state index contributed by atoms with van der Waals surface area (Å²) in [4.78, 5) is 11.1. The van der Waals surface area contributed by atoms with Gasteiger partial charge in [-0.25, -0.2) is 0 Å². The Hall–Kier alpha value is -2.02. The molecule has 0 bridgehead atoms. The Bertz CT molecular complexity index is 669. The average molecular weight is 313 g/mol. The Morgan fingerprint density at radius 2 is 1.71 bits per heavy atom. The Morgan fingerprint density at radius 3 is 2.24 bits per heavy atom. The number of hydrogen-bond donors (Lipinski definition) is 0. The fourth-order valence-electron chi connectivity index (χ4n) is 1.66. The number of benzene rings is 2. The normalized spacial score (nSPS) is 11.4. The number of nitro benzene ring substituents is 1. The van der Waals surface area contributed by atoms with E-state index in [9.17, 15) is 23.3 Å². The van der Waals surface area contributed by atoms with Crippen LogP contribution in [0.4, 0.5) is 18.9 Å². The van der Waals surface area contributed by atoms with Gasteiger partial charge in [0.1, 0.15) is 0 Å². The lowest BCUT2D eigenvalue weighted by Crippen LogP contribution is -2.05. The van der Waals surface area contributed by atoms with Gasteiger partial charge in [0, 0.05) is 11.0 Å². The molecule has 0 fully saturated rings. The van der Waals surface area contributed by atoms with E-state index >= 15 is 0 Å². The van der Waals surface area contributed by atoms with Crippen LogP contribution in [0.15, 0.2) is 52.3 Å². The number of aryl methyl sites for hydroxylation is 1. The van der Waals surface area contributed by atoms with Crippen LogP contribution in [0.5, 0.6) is 0 Å². The molecule has 0 aliphatic carbocycles. The van der Waals surface area contributed by atoms with Crippen LogP contribution in [0.3, 0.4) is 0 Å². The van der Waals surface area contributed by atoms with Gasteiger partial charge < -0.3 is 0 Å². The lowest BCUT2D eigenvalue weighted by molar-refractivity contribution is -0.388. The minimum Gasteiger partial charge on any atom is -0.258 e. The molecule has 3 nitrogen and oxygen atoms in total. The van der Waals surface area contributed by atoms with Crippen molar-refractivity contribution in [2.75, 3.05) is 0 Å². The first-order valence-electron chi connectivity index (χ1n) is 5.87. The topological polar surface area (TPSA) is 43.1 Å². The Kier molecular flexibility index (Phi) is 4.22. The molecule has 0 aliphatic rings. The van der Waals surface area contributed by atoms with Crippen molar-refractivity contribution in [3.05, 3.63) is 63.7 Å². The first-order valence-corrected chi connectivity index (χ1v) is 6.69. The molecular weight excluding hydrogens is 303 g/mol. The zero-order valence-corrected chi connectivity index (χ0v) is 11.7. The molecule has 2 aromatic carbocycles. The third kappa shape index (κ3) is 3.75. The van der Waals surface area contributed by atoms with Gasteiger partial charge >= 0.3 is 6.18 Å². The van der Waals surface area contributed by atoms with Gasteiger partial charge in [0.05, 0.1) is 15.4 Å². The van der Waals surface area contributed by atoms with Crippen LogP contribution < -0.4 is 0 Å². The molecule has 7 heteroatoms. The van der Waals surface area contributed by atoms with Crippen LogP contribution in [0.25, 0.3) is 0 Å². The van der Waals surface area contributed by atoms with Crippen molar-refractivity contribution in [2.45, 2.75) is 22.9 Å². The van der Waals surface area contributed by atoms with Crippen molar-refractivity contribution in [3.8, 4) is 0 Å². The number of rotatable bonds is 3. The molecular formula is C14H10F3NO2S. The van der Waals surface area contributed by atoms with Crippen LogP contribution in [0.2, 0.25) is 0 Å². The molecule has 0 amide bonds. The van der Waals surface area contributed by atoms with E-state index in [1.54, 1.807) is 12.1 Å². The fourth-order valence-corrected chi connectivity index (χ4v) is 2.56. The monoisotopic (exact) mass is 313 g/mol. The van der Waals surface area contributed by atoms with Gasteiger partial charge in [-0.2, -0.15) is 13.2 Å². The maximum Gasteiger partial charge on any atom is 0.416 e. The van der Waals surface area contributed by atoms with Gasteiger partial charge in [0.25, 0.3) is 5.69 Å². The number of nitrogens with zero attached hydrogens (tertiary/aromatic N) is 1. The molecule has 0 N–H and O–H groups in total. The molecule has 0 aliphatic heterocycles. The zero-order valence-electron chi connectivity index (χ0n) is 10.8. The van der Waals surface area contributed by atoms with Crippen LogP contribution in [-0.4, -0.2) is 4.92 Å². The molecule has 2 rings (SSSR count). The lowest BCUT2D eigenvalue weighted by Gasteiger charge is -2.08. The standard InChI is InChI=1S/C14H10F3NO2S/c1-9-2-5-11(6-3-9)21-13-7-4-10(14(15,16)17)8-12(13)18(19)20/h2-8H,1H3. The number of nitro groups is 1. The summed E-state index contributed by atoms with van der Waals surface area (Å²) in [5.41, 5.74) is -0.542. The van der Waals surface area contributed by atoms with Gasteiger partial charge in [-0.1, -0.05) is 29.5 Å². The Morgan fingerprint density at radius 1 is 1.10 bits per heavy atom. The summed E-state index contributed by atoms with van der Waals surface area (Å²) in [5, 5.41) is 11.0. The van der Waals surface area contributed by atoms with E-state index in [0.29, 0.717) is 6.07 Å². The van der Waals surface area contributed by atoms with E-state index in [-0.39, 0.29) is 4.90 Å². The Balaban J connectivity index is 2.39. The van der Waals surface area contributed by atoms with E-state index in [0.717, 1.165) is 34.4 Å². The highest BCUT2D eigenvalue weighted by Crippen LogP contribution is 2.39. The van der Waals surface area contributed by atoms with Gasteiger partial charge in [-0.15, -0.1) is 0 Å². The predicted molar refractivity (Wildman–Crippen MR) is 73.4 cm³/mol. The van der Waals surface area contributed by atoms with Crippen molar-refractivity contribution in [2.24, 2.45) is 0 Å². The predicted octanol–water partition coefficient (Wildman–Crippen LogP) is 5.07. The molecule has 0 saturated heterocycles. The third-order valence-corrected chi connectivity index (χ3v) is 3.80. The summed E-state index contributed by atoms with van der Waals surface area (Å²) < 4.78 is 37.8. The molecule has 0 atom stereocenters. The second-order valence-electron chi connectivity index (χ2n) is 4.35. The van der Waals surface area contributed by atoms with Crippen LogP contribution in [0.1, 0.15) is 11.1 Å². The molecule has 0 saturated carbocycles. The minimum absolute atomic E-state index is 0.178. The van der Waals surface area contributed by atoms with E-state index in [1.165, 1.54) is 0 Å². The highest BCUT2D eigenvalue weighted by atomic mass is 32.2. The van der Waals surface area contributed by atoms with E-state index in [1.807, 2.05) is 19.1 Å². The molecule has 0 unspecified atom stereocenters. The summed E-state index contributed by atoms with van der Waals surface area (Å²) in [6, 6.07) is 9.74. The van der Waals surface area contributed by atoms with Gasteiger partial charge in [0.2, 0.25) is 0 Å². The van der Waals surface area contributed by atoms with Crippen molar-refractivity contribution < 1.29 is 18.1 Å². The molecule has 2 aromatic rings. The van der Waals surface area contributed by atoms with Crippen molar-refractivity contribution >= 4 is 17.4 Å². The summed E-state index contributed by atoms with van der Waals surface area (Å²) in [5.74, 6) is 0. The average Bonchev–Trinajstić information content (AvgIpc) is 2.40. The SMILES string of the molecule is Cc1ccc(Sc2ccc(C(F)(F)F)cc2[N+](=O)[O-])cc1. The second-order valence-corrected chi connectivity index (χ2v) is 5.47. The smallest absolute Gasteiger partial charge is 0.258 e. The van der Waals surface area contributed by atoms with Crippen molar-refractivity contribution in [1.82, 2.24) is 0 Å². The van der Waals surface area contributed by atoms with E-state index in [2.05, 4.69) is 0 Å². The van der Waals surface area contributed by atoms with Gasteiger partial charge in [0.15, 0.2) is 0 Å². The van der Waals surface area contributed by atoms with Crippen molar-refractivity contribution in [3.63, 3.8) is 0 Å². The Labute approximate surface area is 122 Å². The summed E-state index contributed by atoms with van der Waals surface area (Å²) in [6.07, 6.45) is -4.60. The summed E-state index contributed by atoms with van der Waals surface area (Å²) in [7, 11) is 0. The molecule has 110 valence electrons. The van der Waals surface area contributed by atoms with Crippen LogP contribution in [-0.2, 0) is 6.18 Å². The van der Waals surface area contributed by atoms with Crippen LogP contribution in [0, 0.1) is 17.0 Å². The number of halogens is 3. The lowest BCUT2D eigenvalue weighted by atomic mass is 10.2. The first-order chi connectivity index (χ1) is 9.77. The maximum atomic E-state index is 12.6. The quantitative estimate of drug-likeness (QED) is 0.586. The minimum atomic E-state index is -4.60. The summed E-state index contributed by atoms with van der Waals surface area (Å²) >= 11 is 1.06. The third-order valence-electron chi connectivity index (χ3n) is 2.73. The molecule has 0 spiro atoms. The highest BCUT2D eigenvalue weighted by Gasteiger charge is 2.33. The van der Waals surface area contributed by atoms with Crippen molar-refractivity contribution in [1.29, 1.82) is 0 Å². The molecule has 0 aromatic heterocycles. The zero-order chi connectivity index (χ0) is 15.6. The molecule has 21 heavy (non-hydrogen) atoms.